The van der Waals surface area contributed by atoms with Crippen LogP contribution < -0.4 is 5.73 Å². The number of fused-ring (bicyclic) bond motifs is 1. The molecule has 23 heavy (non-hydrogen) atoms. The van der Waals surface area contributed by atoms with Gasteiger partial charge in [-0.2, -0.15) is 0 Å². The second-order valence-electron chi connectivity index (χ2n) is 6.15. The zero-order valence-electron chi connectivity index (χ0n) is 13.7. The lowest BCUT2D eigenvalue weighted by atomic mass is 9.98. The number of rotatable bonds is 3. The van der Waals surface area contributed by atoms with E-state index in [2.05, 4.69) is 29.0 Å². The number of aryl methyl sites for hydroxylation is 1. The Balaban J connectivity index is 1.74. The fraction of sp³-hybridized carbons (Fsp3) is 0.600. The van der Waals surface area contributed by atoms with Crippen molar-refractivity contribution in [3.05, 3.63) is 11.8 Å². The number of nitrogens with zero attached hydrogens (tertiary/aromatic N) is 5. The third-order valence-electron chi connectivity index (χ3n) is 4.32. The number of carbonyl (C=O) groups is 1. The minimum atomic E-state index is 0.144. The zero-order chi connectivity index (χ0) is 16.6. The van der Waals surface area contributed by atoms with Crippen molar-refractivity contribution in [2.75, 3.05) is 11.5 Å². The van der Waals surface area contributed by atoms with Crippen LogP contribution in [0.25, 0.3) is 5.65 Å². The number of nitrogens with two attached hydrogens (primary N) is 1. The predicted molar refractivity (Wildman–Crippen MR) is 90.3 cm³/mol. The molecule has 124 valence electrons. The summed E-state index contributed by atoms with van der Waals surface area (Å²) in [5.74, 6) is 0.827. The maximum atomic E-state index is 12.6. The van der Waals surface area contributed by atoms with Gasteiger partial charge in [-0.05, 0) is 40.0 Å². The SMILES string of the molecule is Cc1cc2nnc(SCC(=O)N3[C@H](C)CCC[C@@H]3C)n2c(N)n1. The van der Waals surface area contributed by atoms with Gasteiger partial charge in [-0.1, -0.05) is 11.8 Å². The van der Waals surface area contributed by atoms with E-state index in [-0.39, 0.29) is 5.91 Å². The molecule has 8 heteroatoms. The molecule has 2 atom stereocenters. The summed E-state index contributed by atoms with van der Waals surface area (Å²) in [7, 11) is 0. The lowest BCUT2D eigenvalue weighted by molar-refractivity contribution is -0.134. The van der Waals surface area contributed by atoms with E-state index in [1.807, 2.05) is 17.9 Å². The standard InChI is InChI=1S/C15H22N6OS/c1-9-7-12-18-19-15(21(12)14(16)17-9)23-8-13(22)20-10(2)5-4-6-11(20)3/h7,10-11H,4-6,8H2,1-3H3,(H2,16,17)/t10-,11+. The van der Waals surface area contributed by atoms with Crippen LogP contribution in [0.4, 0.5) is 5.95 Å². The molecule has 2 aromatic rings. The number of piperidine rings is 1. The molecule has 0 unspecified atom stereocenters. The number of aromatic nitrogens is 4. The molecular weight excluding hydrogens is 312 g/mol. The molecule has 0 aromatic carbocycles. The number of anilines is 1. The minimum absolute atomic E-state index is 0.144. The monoisotopic (exact) mass is 334 g/mol. The van der Waals surface area contributed by atoms with Crippen LogP contribution in [0.3, 0.4) is 0 Å². The van der Waals surface area contributed by atoms with Gasteiger partial charge >= 0.3 is 0 Å². The van der Waals surface area contributed by atoms with Crippen molar-refractivity contribution in [2.45, 2.75) is 57.3 Å². The van der Waals surface area contributed by atoms with E-state index >= 15 is 0 Å². The van der Waals surface area contributed by atoms with Crippen molar-refractivity contribution in [3.8, 4) is 0 Å². The van der Waals surface area contributed by atoms with Crippen LogP contribution >= 0.6 is 11.8 Å². The Hall–Kier alpha value is -1.83. The first kappa shape index (κ1) is 16.0. The van der Waals surface area contributed by atoms with E-state index in [1.54, 1.807) is 4.40 Å². The highest BCUT2D eigenvalue weighted by Gasteiger charge is 2.29. The summed E-state index contributed by atoms with van der Waals surface area (Å²) < 4.78 is 1.69. The molecule has 3 rings (SSSR count). The average Bonchev–Trinajstić information content (AvgIpc) is 2.88. The largest absolute Gasteiger partial charge is 0.369 e. The van der Waals surface area contributed by atoms with Gasteiger partial charge in [-0.15, -0.1) is 10.2 Å². The van der Waals surface area contributed by atoms with Crippen LogP contribution in [0.15, 0.2) is 11.2 Å². The molecule has 0 aliphatic carbocycles. The van der Waals surface area contributed by atoms with Crippen molar-refractivity contribution >= 4 is 29.3 Å². The van der Waals surface area contributed by atoms with E-state index in [9.17, 15) is 4.79 Å². The molecule has 1 aliphatic heterocycles. The van der Waals surface area contributed by atoms with Gasteiger partial charge in [0.2, 0.25) is 11.9 Å². The van der Waals surface area contributed by atoms with Gasteiger partial charge in [0.1, 0.15) is 0 Å². The predicted octanol–water partition coefficient (Wildman–Crippen LogP) is 1.90. The molecule has 2 aromatic heterocycles. The Morgan fingerprint density at radius 2 is 2.04 bits per heavy atom. The van der Waals surface area contributed by atoms with E-state index < -0.39 is 0 Å². The molecule has 0 saturated carbocycles. The average molecular weight is 334 g/mol. The highest BCUT2D eigenvalue weighted by molar-refractivity contribution is 7.99. The van der Waals surface area contributed by atoms with Crippen LogP contribution in [0.5, 0.6) is 0 Å². The number of likely N-dealkylation sites (tertiary alicyclic amines) is 1. The zero-order valence-corrected chi connectivity index (χ0v) is 14.5. The van der Waals surface area contributed by atoms with Crippen LogP contribution in [-0.2, 0) is 4.79 Å². The first-order valence-corrected chi connectivity index (χ1v) is 8.88. The van der Waals surface area contributed by atoms with Crippen molar-refractivity contribution in [1.82, 2.24) is 24.5 Å². The number of hydrogen-bond donors (Lipinski definition) is 1. The first-order chi connectivity index (χ1) is 11.0. The first-order valence-electron chi connectivity index (χ1n) is 7.89. The van der Waals surface area contributed by atoms with E-state index in [1.165, 1.54) is 18.2 Å². The van der Waals surface area contributed by atoms with Crippen molar-refractivity contribution in [2.24, 2.45) is 0 Å². The molecular formula is C15H22N6OS. The third-order valence-corrected chi connectivity index (χ3v) is 5.24. The number of amides is 1. The minimum Gasteiger partial charge on any atom is -0.369 e. The fourth-order valence-corrected chi connectivity index (χ4v) is 4.06. The van der Waals surface area contributed by atoms with Crippen LogP contribution in [0.2, 0.25) is 0 Å². The maximum absolute atomic E-state index is 12.6. The van der Waals surface area contributed by atoms with Crippen LogP contribution in [0.1, 0.15) is 38.8 Å². The molecule has 1 saturated heterocycles. The van der Waals surface area contributed by atoms with Crippen LogP contribution in [0, 0.1) is 6.92 Å². The quantitative estimate of drug-likeness (QED) is 0.862. The molecule has 0 spiro atoms. The van der Waals surface area contributed by atoms with Gasteiger partial charge in [-0.3, -0.25) is 4.79 Å². The second kappa shape index (κ2) is 6.35. The van der Waals surface area contributed by atoms with Gasteiger partial charge in [-0.25, -0.2) is 9.38 Å². The molecule has 0 bridgehead atoms. The Labute approximate surface area is 139 Å². The summed E-state index contributed by atoms with van der Waals surface area (Å²) in [4.78, 5) is 18.8. The molecule has 7 nitrogen and oxygen atoms in total. The maximum Gasteiger partial charge on any atom is 0.233 e. The van der Waals surface area contributed by atoms with Gasteiger partial charge in [0.15, 0.2) is 10.8 Å². The summed E-state index contributed by atoms with van der Waals surface area (Å²) in [5.41, 5.74) is 7.41. The summed E-state index contributed by atoms with van der Waals surface area (Å²) in [6.45, 7) is 6.10. The van der Waals surface area contributed by atoms with E-state index in [4.69, 9.17) is 5.73 Å². The molecule has 3 heterocycles. The Morgan fingerprint density at radius 3 is 2.74 bits per heavy atom. The molecule has 1 fully saturated rings. The topological polar surface area (TPSA) is 89.4 Å². The normalized spacial score (nSPS) is 21.8. The van der Waals surface area contributed by atoms with Crippen LogP contribution in [-0.4, -0.2) is 48.2 Å². The van der Waals surface area contributed by atoms with Crippen molar-refractivity contribution in [1.29, 1.82) is 0 Å². The smallest absolute Gasteiger partial charge is 0.233 e. The lowest BCUT2D eigenvalue weighted by Crippen LogP contribution is -2.48. The van der Waals surface area contributed by atoms with Crippen molar-refractivity contribution in [3.63, 3.8) is 0 Å². The van der Waals surface area contributed by atoms with E-state index in [0.717, 1.165) is 18.5 Å². The summed E-state index contributed by atoms with van der Waals surface area (Å²) in [5, 5.41) is 8.85. The molecule has 1 amide bonds. The number of nitrogen functional groups attached to an aromatic ring is 1. The van der Waals surface area contributed by atoms with Gasteiger partial charge in [0.25, 0.3) is 0 Å². The number of thioether (sulfide) groups is 1. The highest BCUT2D eigenvalue weighted by Crippen LogP contribution is 2.25. The summed E-state index contributed by atoms with van der Waals surface area (Å²) in [6, 6.07) is 2.43. The highest BCUT2D eigenvalue weighted by atomic mass is 32.2. The van der Waals surface area contributed by atoms with Gasteiger partial charge in [0.05, 0.1) is 5.75 Å². The van der Waals surface area contributed by atoms with Gasteiger partial charge < -0.3 is 10.6 Å². The van der Waals surface area contributed by atoms with Crippen molar-refractivity contribution < 1.29 is 4.79 Å². The Bertz CT molecular complexity index is 720. The van der Waals surface area contributed by atoms with E-state index in [0.29, 0.717) is 34.6 Å². The third kappa shape index (κ3) is 3.12. The Morgan fingerprint density at radius 1 is 1.35 bits per heavy atom. The Kier molecular flexibility index (Phi) is 4.43. The number of hydrogen-bond acceptors (Lipinski definition) is 6. The lowest BCUT2D eigenvalue weighted by Gasteiger charge is -2.39. The molecule has 2 N–H and O–H groups in total. The summed E-state index contributed by atoms with van der Waals surface area (Å²) >= 11 is 1.36. The second-order valence-corrected chi connectivity index (χ2v) is 7.09. The summed E-state index contributed by atoms with van der Waals surface area (Å²) in [6.07, 6.45) is 3.34. The van der Waals surface area contributed by atoms with Gasteiger partial charge in [0, 0.05) is 23.8 Å². The fourth-order valence-electron chi connectivity index (χ4n) is 3.25. The number of carbonyl (C=O) groups excluding carboxylic acids is 1. The molecule has 1 aliphatic rings. The molecule has 0 radical (unpaired) electrons.